The molecule has 0 aromatic rings. The lowest BCUT2D eigenvalue weighted by Crippen LogP contribution is -2.05. The molecule has 0 aromatic carbocycles. The first-order valence-corrected chi connectivity index (χ1v) is 44.7. The summed E-state index contributed by atoms with van der Waals surface area (Å²) in [7, 11) is 0. The number of hydrogen-bond donors (Lipinski definition) is 3. The summed E-state index contributed by atoms with van der Waals surface area (Å²) >= 11 is 4.17. The second-order valence-electron chi connectivity index (χ2n) is 14.3. The Morgan fingerprint density at radius 2 is 0.426 bits per heavy atom. The van der Waals surface area contributed by atoms with Gasteiger partial charge in [-0.1, -0.05) is 322 Å². The van der Waals surface area contributed by atoms with Crippen molar-refractivity contribution in [1.29, 1.82) is 0 Å². The van der Waals surface area contributed by atoms with E-state index in [1.807, 2.05) is 277 Å². The zero-order valence-electron chi connectivity index (χ0n) is 74.9. The molecule has 9 heterocycles. The van der Waals surface area contributed by atoms with E-state index in [-0.39, 0.29) is 0 Å². The Hall–Kier alpha value is 0.300. The summed E-state index contributed by atoms with van der Waals surface area (Å²) in [5.41, 5.74) is 2.72. The average molecular weight is 1410 g/mol. The standard InChI is InChI=1S/C6H12.2C5H10O.C5H10S.C4H9N.C4H8O.C4H8S.2C3H7NO.C3H6O2.20C2H6/c4*1-2-4-6-5-3-1;3*1-2-4-5-3-1;1-2-5-3-4-1;1-2-4-5-3-1;1-2-5-3-4-1;20*1-2/h1-6H2;3*1-5H2;5H,1-4H2;2*1-4H2;2*4H,1-3H2;1-3H2;20*1-2H3. The van der Waals surface area contributed by atoms with Gasteiger partial charge < -0.3 is 38.6 Å². The van der Waals surface area contributed by atoms with Crippen molar-refractivity contribution in [1.82, 2.24) is 16.1 Å². The van der Waals surface area contributed by atoms with Crippen LogP contribution in [0.1, 0.15) is 418 Å². The molecule has 0 bridgehead atoms. The van der Waals surface area contributed by atoms with Gasteiger partial charge in [-0.25, -0.2) is 5.48 Å². The zero-order valence-corrected chi connectivity index (χ0v) is 76.5. The van der Waals surface area contributed by atoms with Gasteiger partial charge in [0, 0.05) is 52.7 Å². The molecule has 9 aliphatic heterocycles. The summed E-state index contributed by atoms with van der Waals surface area (Å²) in [4.78, 5) is 4.69. The summed E-state index contributed by atoms with van der Waals surface area (Å²) in [6, 6.07) is 0. The monoisotopic (exact) mass is 1410 g/mol. The first-order chi connectivity index (χ1) is 47.0. The molecule has 10 aliphatic rings. The Morgan fingerprint density at radius 3 is 0.521 bits per heavy atom. The number of ether oxygens (including phenoxy) is 6. The van der Waals surface area contributed by atoms with Crippen molar-refractivity contribution in [3.05, 3.63) is 0 Å². The second-order valence-corrected chi connectivity index (χ2v) is 16.8. The Bertz CT molecular complexity index is 433. The van der Waals surface area contributed by atoms with E-state index in [1.165, 1.54) is 177 Å². The molecule has 3 N–H and O–H groups in total. The fourth-order valence-corrected chi connectivity index (χ4v) is 7.83. The third-order valence-electron chi connectivity index (χ3n) is 9.14. The lowest BCUT2D eigenvalue weighted by Gasteiger charge is -2.08. The summed E-state index contributed by atoms with van der Waals surface area (Å²) < 4.78 is 29.4. The van der Waals surface area contributed by atoms with Crippen LogP contribution in [0.15, 0.2) is 0 Å². The topological polar surface area (TPSA) is 101 Å². The minimum Gasteiger partial charge on any atom is -0.381 e. The molecule has 12 heteroatoms. The number of thioether (sulfide) groups is 2. The van der Waals surface area contributed by atoms with E-state index < -0.39 is 0 Å². The van der Waals surface area contributed by atoms with Crippen molar-refractivity contribution >= 4 is 23.5 Å². The number of hydrogen-bond acceptors (Lipinski definition) is 12. The minimum atomic E-state index is 0.500. The highest BCUT2D eigenvalue weighted by atomic mass is 32.2. The molecule has 10 rings (SSSR count). The van der Waals surface area contributed by atoms with Crippen molar-refractivity contribution in [2.24, 2.45) is 0 Å². The largest absolute Gasteiger partial charge is 0.381 e. The number of hydroxylamine groups is 1. The quantitative estimate of drug-likeness (QED) is 0.215. The average Bonchev–Trinajstić information content (AvgIpc) is 4.62. The summed E-state index contributed by atoms with van der Waals surface area (Å²) in [6.45, 7) is 95.1. The van der Waals surface area contributed by atoms with Gasteiger partial charge in [-0.2, -0.15) is 23.5 Å². The highest BCUT2D eigenvalue weighted by Gasteiger charge is 1.99. The van der Waals surface area contributed by atoms with E-state index in [4.69, 9.17) is 33.3 Å². The maximum atomic E-state index is 5.07. The van der Waals surface area contributed by atoms with Crippen LogP contribution in [0, 0.1) is 0 Å². The second kappa shape index (κ2) is 270. The predicted molar refractivity (Wildman–Crippen MR) is 458 cm³/mol. The van der Waals surface area contributed by atoms with Crippen molar-refractivity contribution in [2.75, 3.05) is 129 Å². The number of rotatable bonds is 0. The third kappa shape index (κ3) is 261. The molecule has 0 amide bonds. The van der Waals surface area contributed by atoms with E-state index in [2.05, 4.69) is 39.6 Å². The van der Waals surface area contributed by atoms with Crippen LogP contribution in [-0.4, -0.2) is 129 Å². The molecule has 9 saturated heterocycles. The van der Waals surface area contributed by atoms with Crippen LogP contribution >= 0.6 is 23.5 Å². The molecule has 10 fully saturated rings. The van der Waals surface area contributed by atoms with Crippen LogP contribution in [-0.2, 0) is 33.3 Å². The molecule has 0 spiro atoms. The minimum absolute atomic E-state index is 0.500. The van der Waals surface area contributed by atoms with E-state index in [0.717, 1.165) is 85.9 Å². The summed E-state index contributed by atoms with van der Waals surface area (Å²) in [5, 5.41) is 6.22. The third-order valence-corrected chi connectivity index (χ3v) is 11.4. The molecule has 0 unspecified atom stereocenters. The van der Waals surface area contributed by atoms with Crippen LogP contribution in [0.4, 0.5) is 0 Å². The predicted octanol–water partition coefficient (Wildman–Crippen LogP) is 29.3. The summed E-state index contributed by atoms with van der Waals surface area (Å²) in [5.74, 6) is 5.67. The fourth-order valence-electron chi connectivity index (χ4n) is 5.78. The van der Waals surface area contributed by atoms with Gasteiger partial charge in [-0.3, -0.25) is 5.32 Å². The maximum absolute atomic E-state index is 5.07. The molecule has 0 aromatic heterocycles. The van der Waals surface area contributed by atoms with Crippen LogP contribution in [0.5, 0.6) is 0 Å². The molecule has 0 atom stereocenters. The first kappa shape index (κ1) is 149. The van der Waals surface area contributed by atoms with Gasteiger partial charge in [-0.15, -0.1) is 0 Å². The van der Waals surface area contributed by atoms with E-state index in [9.17, 15) is 0 Å². The molecular formula is C82H207N3O7S2. The lowest BCUT2D eigenvalue weighted by atomic mass is 10.0. The molecule has 0 radical (unpaired) electrons. The Morgan fingerprint density at radius 1 is 0.181 bits per heavy atom. The van der Waals surface area contributed by atoms with Crippen LogP contribution < -0.4 is 16.1 Å². The van der Waals surface area contributed by atoms with Crippen molar-refractivity contribution < 1.29 is 33.3 Å². The fraction of sp³-hybridized carbons (Fsp3) is 1.00. The Kier molecular flexibility index (Phi) is 426. The van der Waals surface area contributed by atoms with Crippen LogP contribution in [0.2, 0.25) is 0 Å². The normalized spacial score (nSPS) is 15.1. The smallest absolute Gasteiger partial charge is 0.146 e. The Balaban J connectivity index is -0.0000000340. The van der Waals surface area contributed by atoms with Crippen LogP contribution in [0.3, 0.4) is 0 Å². The van der Waals surface area contributed by atoms with Crippen molar-refractivity contribution in [2.45, 2.75) is 418 Å². The van der Waals surface area contributed by atoms with Gasteiger partial charge in [0.1, 0.15) is 6.79 Å². The highest BCUT2D eigenvalue weighted by molar-refractivity contribution is 7.99. The zero-order chi connectivity index (χ0) is 78.2. The molecule has 94 heavy (non-hydrogen) atoms. The molecule has 1 aliphatic carbocycles. The van der Waals surface area contributed by atoms with Crippen LogP contribution in [0.25, 0.3) is 0 Å². The van der Waals surface area contributed by atoms with Gasteiger partial charge in [0.05, 0.1) is 33.2 Å². The van der Waals surface area contributed by atoms with Gasteiger partial charge in [0.15, 0.2) is 0 Å². The molecule has 604 valence electrons. The Labute approximate surface area is 616 Å². The molecule has 1 saturated carbocycles. The molecular weight excluding hydrogens is 1200 g/mol. The van der Waals surface area contributed by atoms with E-state index in [0.29, 0.717) is 6.79 Å². The van der Waals surface area contributed by atoms with E-state index in [1.54, 1.807) is 0 Å². The van der Waals surface area contributed by atoms with Gasteiger partial charge >= 0.3 is 0 Å². The number of nitrogens with one attached hydrogen (secondary N) is 3. The first-order valence-electron chi connectivity index (χ1n) is 42.4. The van der Waals surface area contributed by atoms with Gasteiger partial charge in [0.25, 0.3) is 0 Å². The lowest BCUT2D eigenvalue weighted by molar-refractivity contribution is 0.0692. The highest BCUT2D eigenvalue weighted by Crippen LogP contribution is 2.16. The molecule has 10 nitrogen and oxygen atoms in total. The maximum Gasteiger partial charge on any atom is 0.146 e. The van der Waals surface area contributed by atoms with Crippen molar-refractivity contribution in [3.63, 3.8) is 0 Å². The summed E-state index contributed by atoms with van der Waals surface area (Å²) in [6.07, 6.45) is 30.7. The van der Waals surface area contributed by atoms with Gasteiger partial charge in [0.2, 0.25) is 0 Å². The van der Waals surface area contributed by atoms with E-state index >= 15 is 0 Å². The SMILES string of the molecule is C1CCCCC1.C1CCNC1.C1CCOC1.C1CCOCC1.C1CCOCC1.C1CCSC1.C1CCSCC1.C1CNOC1.C1COCN1.C1COCO1.CC.CC.CC.CC.CC.CC.CC.CC.CC.CC.CC.CC.CC.CC.CC.CC.CC.CC.CC.CC. The van der Waals surface area contributed by atoms with Gasteiger partial charge in [-0.05, 0) is 132 Å². The van der Waals surface area contributed by atoms with Crippen molar-refractivity contribution in [3.8, 4) is 0 Å².